The van der Waals surface area contributed by atoms with Crippen molar-refractivity contribution in [1.82, 2.24) is 4.90 Å². The maximum absolute atomic E-state index is 13.0. The van der Waals surface area contributed by atoms with Crippen LogP contribution < -0.4 is 5.73 Å². The first-order chi connectivity index (χ1) is 8.56. The second-order valence-corrected chi connectivity index (χ2v) is 5.11. The average molecular weight is 252 g/mol. The number of likely N-dealkylation sites (N-methyl/N-ethyl adjacent to an activating group) is 1. The van der Waals surface area contributed by atoms with Crippen LogP contribution in [0, 0.1) is 12.7 Å². The molecule has 18 heavy (non-hydrogen) atoms. The number of hydrogen-bond acceptors (Lipinski definition) is 3. The molecule has 1 aromatic rings. The molecule has 0 spiro atoms. The zero-order valence-corrected chi connectivity index (χ0v) is 11.0. The third-order valence-corrected chi connectivity index (χ3v) is 3.53. The van der Waals surface area contributed by atoms with Crippen LogP contribution in [0.1, 0.15) is 11.1 Å². The number of morpholine rings is 1. The smallest absolute Gasteiger partial charge is 0.123 e. The molecule has 3 nitrogen and oxygen atoms in total. The Kier molecular flexibility index (Phi) is 4.32. The quantitative estimate of drug-likeness (QED) is 0.882. The number of rotatable bonds is 3. The highest BCUT2D eigenvalue weighted by Gasteiger charge is 2.24. The number of nitrogens with two attached hydrogens (primary N) is 1. The van der Waals surface area contributed by atoms with Crippen LogP contribution >= 0.6 is 0 Å². The van der Waals surface area contributed by atoms with Crippen LogP contribution in [-0.4, -0.2) is 43.8 Å². The highest BCUT2D eigenvalue weighted by molar-refractivity contribution is 5.27. The minimum Gasteiger partial charge on any atom is -0.374 e. The first kappa shape index (κ1) is 13.5. The molecule has 1 aliphatic heterocycles. The van der Waals surface area contributed by atoms with Crippen LogP contribution in [0.15, 0.2) is 18.2 Å². The first-order valence-corrected chi connectivity index (χ1v) is 6.37. The summed E-state index contributed by atoms with van der Waals surface area (Å²) in [6, 6.07) is 4.81. The first-order valence-electron chi connectivity index (χ1n) is 6.37. The maximum Gasteiger partial charge on any atom is 0.123 e. The normalized spacial score (nSPS) is 23.0. The number of hydrogen-bond donors (Lipinski definition) is 1. The lowest BCUT2D eigenvalue weighted by atomic mass is 9.97. The van der Waals surface area contributed by atoms with E-state index < -0.39 is 0 Å². The van der Waals surface area contributed by atoms with Gasteiger partial charge in [0.1, 0.15) is 5.82 Å². The number of aryl methyl sites for hydroxylation is 1. The van der Waals surface area contributed by atoms with Crippen molar-refractivity contribution in [3.63, 3.8) is 0 Å². The van der Waals surface area contributed by atoms with Crippen molar-refractivity contribution in [3.8, 4) is 0 Å². The van der Waals surface area contributed by atoms with Crippen LogP contribution in [-0.2, 0) is 11.2 Å². The van der Waals surface area contributed by atoms with E-state index in [1.165, 1.54) is 6.07 Å². The summed E-state index contributed by atoms with van der Waals surface area (Å²) in [6.45, 7) is 4.47. The van der Waals surface area contributed by atoms with Gasteiger partial charge < -0.3 is 15.4 Å². The molecule has 1 aliphatic rings. The average Bonchev–Trinajstić information content (AvgIpc) is 2.32. The molecule has 2 N–H and O–H groups in total. The molecule has 0 saturated carbocycles. The molecule has 0 aromatic heterocycles. The van der Waals surface area contributed by atoms with Crippen LogP contribution in [0.25, 0.3) is 0 Å². The largest absolute Gasteiger partial charge is 0.374 e. The molecule has 0 amide bonds. The summed E-state index contributed by atoms with van der Waals surface area (Å²) >= 11 is 0. The van der Waals surface area contributed by atoms with Gasteiger partial charge in [0.05, 0.1) is 12.7 Å². The third-order valence-electron chi connectivity index (χ3n) is 3.53. The molecule has 0 bridgehead atoms. The molecule has 1 saturated heterocycles. The summed E-state index contributed by atoms with van der Waals surface area (Å²) in [6.07, 6.45) is 0.790. The van der Waals surface area contributed by atoms with Crippen LogP contribution in [0.5, 0.6) is 0 Å². The zero-order valence-electron chi connectivity index (χ0n) is 11.0. The van der Waals surface area contributed by atoms with Gasteiger partial charge >= 0.3 is 0 Å². The fraction of sp³-hybridized carbons (Fsp3) is 0.571. The fourth-order valence-electron chi connectivity index (χ4n) is 2.34. The molecule has 1 fully saturated rings. The van der Waals surface area contributed by atoms with Gasteiger partial charge in [-0.3, -0.25) is 0 Å². The number of ether oxygens (including phenoxy) is 1. The van der Waals surface area contributed by atoms with E-state index >= 15 is 0 Å². The Morgan fingerprint density at radius 3 is 3.00 bits per heavy atom. The lowest BCUT2D eigenvalue weighted by molar-refractivity contribution is -0.0319. The predicted molar refractivity (Wildman–Crippen MR) is 70.1 cm³/mol. The van der Waals surface area contributed by atoms with E-state index in [4.69, 9.17) is 10.5 Å². The SMILES string of the molecule is Cc1cc(F)ccc1CC(N)C1CN(C)CCO1. The van der Waals surface area contributed by atoms with Gasteiger partial charge in [0.25, 0.3) is 0 Å². The molecule has 0 aliphatic carbocycles. The van der Waals surface area contributed by atoms with E-state index in [2.05, 4.69) is 11.9 Å². The number of nitrogens with zero attached hydrogens (tertiary/aromatic N) is 1. The second kappa shape index (κ2) is 5.78. The molecule has 1 aromatic carbocycles. The van der Waals surface area contributed by atoms with Crippen molar-refractivity contribution in [2.45, 2.75) is 25.5 Å². The van der Waals surface area contributed by atoms with Crippen molar-refractivity contribution >= 4 is 0 Å². The van der Waals surface area contributed by atoms with Crippen LogP contribution in [0.2, 0.25) is 0 Å². The molecular formula is C14H21FN2O. The molecule has 2 rings (SSSR count). The summed E-state index contributed by atoms with van der Waals surface area (Å²) in [4.78, 5) is 2.23. The van der Waals surface area contributed by atoms with Gasteiger partial charge in [-0.25, -0.2) is 4.39 Å². The summed E-state index contributed by atoms with van der Waals surface area (Å²) < 4.78 is 18.7. The van der Waals surface area contributed by atoms with Crippen LogP contribution in [0.3, 0.4) is 0 Å². The third kappa shape index (κ3) is 3.28. The second-order valence-electron chi connectivity index (χ2n) is 5.11. The summed E-state index contributed by atoms with van der Waals surface area (Å²) in [5, 5.41) is 0. The summed E-state index contributed by atoms with van der Waals surface area (Å²) in [5.74, 6) is -0.196. The minimum atomic E-state index is -0.196. The topological polar surface area (TPSA) is 38.5 Å². The van der Waals surface area contributed by atoms with Crippen molar-refractivity contribution in [1.29, 1.82) is 0 Å². The van der Waals surface area contributed by atoms with E-state index in [0.29, 0.717) is 0 Å². The van der Waals surface area contributed by atoms with E-state index in [1.54, 1.807) is 6.07 Å². The van der Waals surface area contributed by atoms with Crippen molar-refractivity contribution in [2.75, 3.05) is 26.7 Å². The van der Waals surface area contributed by atoms with Crippen molar-refractivity contribution in [3.05, 3.63) is 35.1 Å². The Hall–Kier alpha value is -0.970. The van der Waals surface area contributed by atoms with Gasteiger partial charge in [-0.1, -0.05) is 6.07 Å². The molecule has 2 unspecified atom stereocenters. The highest BCUT2D eigenvalue weighted by atomic mass is 19.1. The van der Waals surface area contributed by atoms with E-state index in [1.807, 2.05) is 13.0 Å². The summed E-state index contributed by atoms with van der Waals surface area (Å²) in [7, 11) is 2.07. The monoisotopic (exact) mass is 252 g/mol. The Labute approximate surface area is 108 Å². The Morgan fingerprint density at radius 1 is 1.56 bits per heavy atom. The van der Waals surface area contributed by atoms with Gasteiger partial charge in [0.15, 0.2) is 0 Å². The molecule has 1 heterocycles. The van der Waals surface area contributed by atoms with Crippen molar-refractivity contribution in [2.24, 2.45) is 5.73 Å². The molecule has 100 valence electrons. The molecule has 0 radical (unpaired) electrons. The molecular weight excluding hydrogens is 231 g/mol. The molecule has 2 atom stereocenters. The number of halogens is 1. The Bertz CT molecular complexity index is 411. The van der Waals surface area contributed by atoms with E-state index in [-0.39, 0.29) is 18.0 Å². The molecule has 4 heteroatoms. The van der Waals surface area contributed by atoms with E-state index in [0.717, 1.165) is 37.2 Å². The highest BCUT2D eigenvalue weighted by Crippen LogP contribution is 2.15. The Morgan fingerprint density at radius 2 is 2.33 bits per heavy atom. The van der Waals surface area contributed by atoms with Crippen molar-refractivity contribution < 1.29 is 9.13 Å². The predicted octanol–water partition coefficient (Wildman–Crippen LogP) is 1.33. The van der Waals surface area contributed by atoms with Gasteiger partial charge in [-0.15, -0.1) is 0 Å². The van der Waals surface area contributed by atoms with Gasteiger partial charge in [0, 0.05) is 19.1 Å². The van der Waals surface area contributed by atoms with Gasteiger partial charge in [0.2, 0.25) is 0 Å². The number of benzene rings is 1. The standard InChI is InChI=1S/C14H21FN2O/c1-10-7-12(15)4-3-11(10)8-13(16)14-9-17(2)5-6-18-14/h3-4,7,13-14H,5-6,8-9,16H2,1-2H3. The minimum absolute atomic E-state index is 0.0445. The maximum atomic E-state index is 13.0. The zero-order chi connectivity index (χ0) is 13.1. The fourth-order valence-corrected chi connectivity index (χ4v) is 2.34. The van der Waals surface area contributed by atoms with E-state index in [9.17, 15) is 4.39 Å². The summed E-state index contributed by atoms with van der Waals surface area (Å²) in [5.41, 5.74) is 8.26. The van der Waals surface area contributed by atoms with Gasteiger partial charge in [-0.2, -0.15) is 0 Å². The Balaban J connectivity index is 1.99. The van der Waals surface area contributed by atoms with Gasteiger partial charge in [-0.05, 0) is 43.7 Å². The lowest BCUT2D eigenvalue weighted by Gasteiger charge is -2.33. The lowest BCUT2D eigenvalue weighted by Crippen LogP contribution is -2.50. The van der Waals surface area contributed by atoms with Crippen LogP contribution in [0.4, 0.5) is 4.39 Å².